The van der Waals surface area contributed by atoms with Crippen LogP contribution in [0.15, 0.2) is 30.5 Å². The molecule has 0 fully saturated rings. The van der Waals surface area contributed by atoms with E-state index in [1.54, 1.807) is 24.3 Å². The zero-order valence-electron chi connectivity index (χ0n) is 9.23. The molecule has 0 aliphatic carbocycles. The maximum absolute atomic E-state index is 11.8. The van der Waals surface area contributed by atoms with Crippen LogP contribution in [0.2, 0.25) is 0 Å². The van der Waals surface area contributed by atoms with Gasteiger partial charge in [0.05, 0.1) is 12.8 Å². The number of carbonyl (C=O) groups is 1. The van der Waals surface area contributed by atoms with Crippen molar-refractivity contribution in [1.29, 1.82) is 0 Å². The van der Waals surface area contributed by atoms with Gasteiger partial charge in [-0.2, -0.15) is 5.10 Å². The summed E-state index contributed by atoms with van der Waals surface area (Å²) in [6.07, 6.45) is 1.51. The van der Waals surface area contributed by atoms with E-state index in [1.807, 2.05) is 0 Å². The number of hydrogen-bond acceptors (Lipinski definition) is 4. The van der Waals surface area contributed by atoms with Crippen molar-refractivity contribution >= 4 is 17.3 Å². The Hall–Kier alpha value is -2.50. The first kappa shape index (κ1) is 11.0. The quantitative estimate of drug-likeness (QED) is 0.694. The lowest BCUT2D eigenvalue weighted by molar-refractivity contribution is 0.102. The number of methoxy groups -OCH3 is 1. The SMILES string of the molecule is COc1cc(N)ccc1NC(=O)c1ccn[nH]1. The van der Waals surface area contributed by atoms with Gasteiger partial charge in [-0.1, -0.05) is 0 Å². The second kappa shape index (κ2) is 4.56. The minimum absolute atomic E-state index is 0.287. The fourth-order valence-corrected chi connectivity index (χ4v) is 1.38. The Labute approximate surface area is 97.8 Å². The Morgan fingerprint density at radius 3 is 2.94 bits per heavy atom. The van der Waals surface area contributed by atoms with E-state index >= 15 is 0 Å². The molecule has 2 aromatic rings. The van der Waals surface area contributed by atoms with Gasteiger partial charge in [0.2, 0.25) is 0 Å². The summed E-state index contributed by atoms with van der Waals surface area (Å²) in [6.45, 7) is 0. The lowest BCUT2D eigenvalue weighted by Gasteiger charge is -2.09. The van der Waals surface area contributed by atoms with Crippen molar-refractivity contribution in [2.45, 2.75) is 0 Å². The van der Waals surface area contributed by atoms with Crippen molar-refractivity contribution in [3.8, 4) is 5.75 Å². The fourth-order valence-electron chi connectivity index (χ4n) is 1.38. The van der Waals surface area contributed by atoms with Crippen molar-refractivity contribution in [1.82, 2.24) is 10.2 Å². The molecule has 0 aliphatic heterocycles. The number of nitrogens with one attached hydrogen (secondary N) is 2. The molecular formula is C11H12N4O2. The second-order valence-electron chi connectivity index (χ2n) is 3.38. The molecule has 0 saturated heterocycles. The molecule has 0 spiro atoms. The van der Waals surface area contributed by atoms with Crippen molar-refractivity contribution in [2.24, 2.45) is 0 Å². The van der Waals surface area contributed by atoms with Crippen LogP contribution in [0.1, 0.15) is 10.5 Å². The van der Waals surface area contributed by atoms with Gasteiger partial charge in [-0.25, -0.2) is 0 Å². The molecule has 2 rings (SSSR count). The van der Waals surface area contributed by atoms with Crippen LogP contribution in [0, 0.1) is 0 Å². The van der Waals surface area contributed by atoms with Crippen LogP contribution in [0.5, 0.6) is 5.75 Å². The highest BCUT2D eigenvalue weighted by atomic mass is 16.5. The highest BCUT2D eigenvalue weighted by Gasteiger charge is 2.10. The molecule has 1 aromatic carbocycles. The molecule has 0 atom stereocenters. The Morgan fingerprint density at radius 1 is 1.47 bits per heavy atom. The summed E-state index contributed by atoms with van der Waals surface area (Å²) in [5, 5.41) is 8.98. The van der Waals surface area contributed by atoms with Crippen LogP contribution < -0.4 is 15.8 Å². The molecule has 6 heteroatoms. The number of anilines is 2. The summed E-state index contributed by atoms with van der Waals surface area (Å²) in [5.74, 6) is 0.225. The van der Waals surface area contributed by atoms with E-state index in [0.717, 1.165) is 0 Å². The van der Waals surface area contributed by atoms with Crippen LogP contribution in [0.3, 0.4) is 0 Å². The van der Waals surface area contributed by atoms with Crippen LogP contribution in [0.25, 0.3) is 0 Å². The molecule has 1 amide bonds. The third kappa shape index (κ3) is 2.36. The van der Waals surface area contributed by atoms with E-state index in [1.165, 1.54) is 13.3 Å². The van der Waals surface area contributed by atoms with Crippen molar-refractivity contribution in [3.05, 3.63) is 36.2 Å². The van der Waals surface area contributed by atoms with E-state index < -0.39 is 0 Å². The second-order valence-corrected chi connectivity index (χ2v) is 3.38. The first-order valence-electron chi connectivity index (χ1n) is 4.95. The van der Waals surface area contributed by atoms with Gasteiger partial charge in [0.1, 0.15) is 11.4 Å². The summed E-state index contributed by atoms with van der Waals surface area (Å²) in [7, 11) is 1.51. The maximum Gasteiger partial charge on any atom is 0.273 e. The lowest BCUT2D eigenvalue weighted by Crippen LogP contribution is -2.13. The first-order valence-corrected chi connectivity index (χ1v) is 4.95. The number of aromatic amines is 1. The van der Waals surface area contributed by atoms with Gasteiger partial charge in [-0.15, -0.1) is 0 Å². The summed E-state index contributed by atoms with van der Waals surface area (Å²) < 4.78 is 5.12. The van der Waals surface area contributed by atoms with Crippen LogP contribution in [-0.2, 0) is 0 Å². The molecular weight excluding hydrogens is 220 g/mol. The minimum atomic E-state index is -0.287. The first-order chi connectivity index (χ1) is 8.20. The molecule has 6 nitrogen and oxygen atoms in total. The third-order valence-electron chi connectivity index (χ3n) is 2.22. The van der Waals surface area contributed by atoms with Gasteiger partial charge in [0.15, 0.2) is 0 Å². The van der Waals surface area contributed by atoms with Crippen LogP contribution in [0.4, 0.5) is 11.4 Å². The Morgan fingerprint density at radius 2 is 2.29 bits per heavy atom. The number of rotatable bonds is 3. The molecule has 1 heterocycles. The van der Waals surface area contributed by atoms with Crippen molar-refractivity contribution in [3.63, 3.8) is 0 Å². The largest absolute Gasteiger partial charge is 0.494 e. The number of nitrogens with two attached hydrogens (primary N) is 1. The average molecular weight is 232 g/mol. The summed E-state index contributed by atoms with van der Waals surface area (Å²) in [5.41, 5.74) is 7.13. The predicted molar refractivity (Wildman–Crippen MR) is 63.9 cm³/mol. The third-order valence-corrected chi connectivity index (χ3v) is 2.22. The van der Waals surface area contributed by atoms with Gasteiger partial charge in [0, 0.05) is 18.0 Å². The van der Waals surface area contributed by atoms with Gasteiger partial charge < -0.3 is 15.8 Å². The molecule has 0 unspecified atom stereocenters. The number of aromatic nitrogens is 2. The fraction of sp³-hybridized carbons (Fsp3) is 0.0909. The Kier molecular flexibility index (Phi) is 2.95. The number of H-pyrrole nitrogens is 1. The van der Waals surface area contributed by atoms with E-state index in [4.69, 9.17) is 10.5 Å². The predicted octanol–water partition coefficient (Wildman–Crippen LogP) is 1.25. The van der Waals surface area contributed by atoms with E-state index in [9.17, 15) is 4.79 Å². The van der Waals surface area contributed by atoms with E-state index in [0.29, 0.717) is 22.8 Å². The van der Waals surface area contributed by atoms with Gasteiger partial charge in [-0.05, 0) is 18.2 Å². The molecule has 0 radical (unpaired) electrons. The zero-order chi connectivity index (χ0) is 12.3. The zero-order valence-corrected chi connectivity index (χ0v) is 9.23. The Bertz CT molecular complexity index is 522. The van der Waals surface area contributed by atoms with Crippen LogP contribution >= 0.6 is 0 Å². The van der Waals surface area contributed by atoms with Crippen LogP contribution in [-0.4, -0.2) is 23.2 Å². The molecule has 0 saturated carbocycles. The molecule has 17 heavy (non-hydrogen) atoms. The van der Waals surface area contributed by atoms with Gasteiger partial charge in [-0.3, -0.25) is 9.89 Å². The topological polar surface area (TPSA) is 93.0 Å². The Balaban J connectivity index is 2.21. The number of carbonyl (C=O) groups excluding carboxylic acids is 1. The minimum Gasteiger partial charge on any atom is -0.494 e. The number of nitrogen functional groups attached to an aromatic ring is 1. The molecule has 1 aromatic heterocycles. The molecule has 88 valence electrons. The highest BCUT2D eigenvalue weighted by molar-refractivity contribution is 6.03. The van der Waals surface area contributed by atoms with E-state index in [2.05, 4.69) is 15.5 Å². The lowest BCUT2D eigenvalue weighted by atomic mass is 10.2. The van der Waals surface area contributed by atoms with Gasteiger partial charge in [0.25, 0.3) is 5.91 Å². The molecule has 0 bridgehead atoms. The summed E-state index contributed by atoms with van der Waals surface area (Å²) in [4.78, 5) is 11.8. The number of amides is 1. The van der Waals surface area contributed by atoms with Crippen molar-refractivity contribution in [2.75, 3.05) is 18.2 Å². The number of nitrogens with zero attached hydrogens (tertiary/aromatic N) is 1. The van der Waals surface area contributed by atoms with Gasteiger partial charge >= 0.3 is 0 Å². The number of hydrogen-bond donors (Lipinski definition) is 3. The number of benzene rings is 1. The number of ether oxygens (including phenoxy) is 1. The standard InChI is InChI=1S/C11H12N4O2/c1-17-10-6-7(12)2-3-8(10)14-11(16)9-4-5-13-15-9/h2-6H,12H2,1H3,(H,13,15)(H,14,16). The highest BCUT2D eigenvalue weighted by Crippen LogP contribution is 2.26. The summed E-state index contributed by atoms with van der Waals surface area (Å²) >= 11 is 0. The average Bonchev–Trinajstić information content (AvgIpc) is 2.85. The monoisotopic (exact) mass is 232 g/mol. The maximum atomic E-state index is 11.8. The molecule has 4 N–H and O–H groups in total. The summed E-state index contributed by atoms with van der Waals surface area (Å²) in [6, 6.07) is 6.59. The van der Waals surface area contributed by atoms with E-state index in [-0.39, 0.29) is 5.91 Å². The normalized spacial score (nSPS) is 9.94. The van der Waals surface area contributed by atoms with Crippen molar-refractivity contribution < 1.29 is 9.53 Å². The molecule has 0 aliphatic rings. The smallest absolute Gasteiger partial charge is 0.273 e.